The van der Waals surface area contributed by atoms with Gasteiger partial charge in [-0.15, -0.1) is 0 Å². The van der Waals surface area contributed by atoms with Crippen LogP contribution in [0.5, 0.6) is 0 Å². The summed E-state index contributed by atoms with van der Waals surface area (Å²) in [5.74, 6) is 0. The predicted molar refractivity (Wildman–Crippen MR) is 36.5 cm³/mol. The Morgan fingerprint density at radius 2 is 2.14 bits per heavy atom. The molecule has 0 spiro atoms. The van der Waals surface area contributed by atoms with Crippen LogP contribution in [-0.2, 0) is 3.17 Å². The summed E-state index contributed by atoms with van der Waals surface area (Å²) in [6.45, 7) is 3.62. The lowest BCUT2D eigenvalue weighted by Crippen LogP contribution is -2.46. The molecule has 0 saturated carbocycles. The molecule has 4 heteroatoms. The van der Waals surface area contributed by atoms with Crippen molar-refractivity contribution >= 4 is 23.0 Å². The summed E-state index contributed by atoms with van der Waals surface area (Å²) in [5, 5.41) is 0. The first-order chi connectivity index (χ1) is 3.06. The molecule has 3 nitrogen and oxygen atoms in total. The maximum absolute atomic E-state index is 5.41. The Kier molecular flexibility index (Phi) is 3.05. The normalized spacial score (nSPS) is 12.0. The summed E-state index contributed by atoms with van der Waals surface area (Å²) < 4.78 is 4.50. The molecule has 0 amide bonds. The molecule has 0 unspecified atom stereocenters. The number of nitrogens with one attached hydrogen (secondary N) is 1. The lowest BCUT2D eigenvalue weighted by atomic mass is 10.3. The van der Waals surface area contributed by atoms with E-state index in [1.54, 1.807) is 23.0 Å². The average Bonchev–Trinajstić information content (AvgIpc) is 1.30. The fourth-order valence-electron chi connectivity index (χ4n) is 0.0994. The summed E-state index contributed by atoms with van der Waals surface area (Å²) in [4.78, 5) is 0. The van der Waals surface area contributed by atoms with E-state index in [0.29, 0.717) is 0 Å². The van der Waals surface area contributed by atoms with Gasteiger partial charge in [0.25, 0.3) is 0 Å². The fourth-order valence-corrected chi connectivity index (χ4v) is 0.667. The maximum Gasteiger partial charge on any atom is 0.136 e. The monoisotopic (exact) mass is 216 g/mol. The fraction of sp³-hybridized carbons (Fsp3) is 1.00. The van der Waals surface area contributed by atoms with E-state index in [1.165, 1.54) is 0 Å². The summed E-state index contributed by atoms with van der Waals surface area (Å²) >= 11 is 1.72. The number of hydroxylamine groups is 1. The van der Waals surface area contributed by atoms with Crippen molar-refractivity contribution in [1.29, 1.82) is 0 Å². The van der Waals surface area contributed by atoms with Gasteiger partial charge in [0.2, 0.25) is 0 Å². The highest BCUT2D eigenvalue weighted by molar-refractivity contribution is 14.1. The standard InChI is InChI=1S/C3H9IN2O/c1-3(2,5)6-7-4/h6H,5H2,1-2H3. The molecule has 7 heavy (non-hydrogen) atoms. The zero-order valence-electron chi connectivity index (χ0n) is 4.36. The molecule has 0 rings (SSSR count). The summed E-state index contributed by atoms with van der Waals surface area (Å²) in [6.07, 6.45) is 0. The van der Waals surface area contributed by atoms with Crippen LogP contribution in [-0.4, -0.2) is 5.66 Å². The van der Waals surface area contributed by atoms with Crippen LogP contribution in [0.4, 0.5) is 0 Å². The topological polar surface area (TPSA) is 47.3 Å². The minimum absolute atomic E-state index is 0.429. The van der Waals surface area contributed by atoms with Crippen molar-refractivity contribution in [2.45, 2.75) is 19.5 Å². The van der Waals surface area contributed by atoms with Crippen LogP contribution in [0.15, 0.2) is 0 Å². The van der Waals surface area contributed by atoms with Crippen LogP contribution in [0.3, 0.4) is 0 Å². The second-order valence-corrected chi connectivity index (χ2v) is 2.34. The number of halogens is 1. The van der Waals surface area contributed by atoms with E-state index >= 15 is 0 Å². The van der Waals surface area contributed by atoms with Crippen LogP contribution in [0.1, 0.15) is 13.8 Å². The van der Waals surface area contributed by atoms with Crippen molar-refractivity contribution in [2.75, 3.05) is 0 Å². The lowest BCUT2D eigenvalue weighted by molar-refractivity contribution is 0.171. The van der Waals surface area contributed by atoms with Crippen molar-refractivity contribution in [3.8, 4) is 0 Å². The predicted octanol–water partition coefficient (Wildman–Crippen LogP) is 0.552. The third-order valence-electron chi connectivity index (χ3n) is 0.302. The van der Waals surface area contributed by atoms with Crippen LogP contribution >= 0.6 is 23.0 Å². The average molecular weight is 216 g/mol. The van der Waals surface area contributed by atoms with Gasteiger partial charge < -0.3 is 5.73 Å². The molecular formula is C3H9IN2O. The van der Waals surface area contributed by atoms with E-state index in [2.05, 4.69) is 8.65 Å². The number of rotatable bonds is 2. The number of nitrogens with two attached hydrogens (primary N) is 1. The molecule has 44 valence electrons. The lowest BCUT2D eigenvalue weighted by Gasteiger charge is -2.16. The van der Waals surface area contributed by atoms with E-state index in [0.717, 1.165) is 0 Å². The largest absolute Gasteiger partial charge is 0.312 e. The van der Waals surface area contributed by atoms with Gasteiger partial charge in [0.05, 0.1) is 5.66 Å². The zero-order chi connectivity index (χ0) is 5.91. The van der Waals surface area contributed by atoms with Crippen LogP contribution in [0.25, 0.3) is 0 Å². The molecule has 0 aromatic heterocycles. The van der Waals surface area contributed by atoms with Crippen molar-refractivity contribution in [1.82, 2.24) is 5.48 Å². The van der Waals surface area contributed by atoms with E-state index in [-0.39, 0.29) is 0 Å². The molecule has 0 aliphatic rings. The van der Waals surface area contributed by atoms with Crippen LogP contribution in [0.2, 0.25) is 0 Å². The van der Waals surface area contributed by atoms with E-state index in [9.17, 15) is 0 Å². The second-order valence-electron chi connectivity index (χ2n) is 1.90. The molecule has 0 radical (unpaired) electrons. The smallest absolute Gasteiger partial charge is 0.136 e. The van der Waals surface area contributed by atoms with Crippen molar-refractivity contribution < 1.29 is 3.17 Å². The molecule has 3 N–H and O–H groups in total. The van der Waals surface area contributed by atoms with E-state index < -0.39 is 5.66 Å². The SMILES string of the molecule is CC(C)(N)NOI. The first-order valence-electron chi connectivity index (χ1n) is 1.90. The molecule has 0 aromatic rings. The molecule has 0 bridgehead atoms. The first kappa shape index (κ1) is 7.61. The van der Waals surface area contributed by atoms with Gasteiger partial charge in [0.1, 0.15) is 23.0 Å². The molecule has 0 atom stereocenters. The highest BCUT2D eigenvalue weighted by Gasteiger charge is 2.06. The Balaban J connectivity index is 3.15. The molecular weight excluding hydrogens is 207 g/mol. The number of hydrogen-bond acceptors (Lipinski definition) is 3. The Labute approximate surface area is 57.2 Å². The third-order valence-corrected chi connectivity index (χ3v) is 0.522. The van der Waals surface area contributed by atoms with Gasteiger partial charge in [-0.2, -0.15) is 5.48 Å². The maximum atomic E-state index is 5.41. The Hall–Kier alpha value is 0.610. The highest BCUT2D eigenvalue weighted by atomic mass is 127. The van der Waals surface area contributed by atoms with Crippen molar-refractivity contribution in [2.24, 2.45) is 5.73 Å². The Bertz CT molecular complexity index is 51.4. The molecule has 0 aromatic carbocycles. The second kappa shape index (κ2) is 2.81. The summed E-state index contributed by atoms with van der Waals surface area (Å²) in [6, 6.07) is 0. The Morgan fingerprint density at radius 1 is 1.71 bits per heavy atom. The number of hydrogen-bond donors (Lipinski definition) is 2. The molecule has 0 fully saturated rings. The molecule has 0 heterocycles. The minimum atomic E-state index is -0.429. The van der Waals surface area contributed by atoms with E-state index in [4.69, 9.17) is 5.73 Å². The van der Waals surface area contributed by atoms with Gasteiger partial charge in [-0.3, -0.25) is 0 Å². The van der Waals surface area contributed by atoms with Gasteiger partial charge in [-0.25, -0.2) is 3.17 Å². The van der Waals surface area contributed by atoms with Crippen LogP contribution < -0.4 is 11.2 Å². The quantitative estimate of drug-likeness (QED) is 0.402. The first-order valence-corrected chi connectivity index (χ1v) is 2.78. The summed E-state index contributed by atoms with van der Waals surface area (Å²) in [7, 11) is 0. The summed E-state index contributed by atoms with van der Waals surface area (Å²) in [5.41, 5.74) is 7.52. The van der Waals surface area contributed by atoms with E-state index in [1.807, 2.05) is 13.8 Å². The third kappa shape index (κ3) is 6.61. The molecule has 0 saturated heterocycles. The highest BCUT2D eigenvalue weighted by Crippen LogP contribution is 1.91. The van der Waals surface area contributed by atoms with Crippen LogP contribution in [0, 0.1) is 0 Å². The molecule has 0 aliphatic heterocycles. The minimum Gasteiger partial charge on any atom is -0.312 e. The van der Waals surface area contributed by atoms with Gasteiger partial charge in [-0.1, -0.05) is 0 Å². The Morgan fingerprint density at radius 3 is 2.14 bits per heavy atom. The van der Waals surface area contributed by atoms with Crippen molar-refractivity contribution in [3.05, 3.63) is 0 Å². The van der Waals surface area contributed by atoms with Gasteiger partial charge in [-0.05, 0) is 13.8 Å². The zero-order valence-corrected chi connectivity index (χ0v) is 6.52. The molecule has 0 aliphatic carbocycles. The van der Waals surface area contributed by atoms with Crippen molar-refractivity contribution in [3.63, 3.8) is 0 Å². The van der Waals surface area contributed by atoms with Gasteiger partial charge in [0, 0.05) is 0 Å². The van der Waals surface area contributed by atoms with Gasteiger partial charge >= 0.3 is 0 Å². The van der Waals surface area contributed by atoms with Gasteiger partial charge in [0.15, 0.2) is 0 Å².